The fourth-order valence-electron chi connectivity index (χ4n) is 2.16. The van der Waals surface area contributed by atoms with Gasteiger partial charge in [0.15, 0.2) is 0 Å². The molecule has 0 aliphatic carbocycles. The third kappa shape index (κ3) is 4.69. The Hall–Kier alpha value is -2.62. The Balaban J connectivity index is 2.19. The maximum atomic E-state index is 12.1. The minimum Gasteiger partial charge on any atom is -0.507 e. The van der Waals surface area contributed by atoms with Gasteiger partial charge in [-0.2, -0.15) is 0 Å². The number of aromatic hydroxyl groups is 1. The highest BCUT2D eigenvalue weighted by molar-refractivity contribution is 6.43. The molecule has 0 aliphatic rings. The molecule has 25 heavy (non-hydrogen) atoms. The first-order valence-electron chi connectivity index (χ1n) is 7.12. The highest BCUT2D eigenvalue weighted by Gasteiger charge is 2.28. The number of pyridine rings is 1. The number of halogens is 1. The van der Waals surface area contributed by atoms with Crippen LogP contribution in [-0.4, -0.2) is 50.2 Å². The lowest BCUT2D eigenvalue weighted by Crippen LogP contribution is -2.48. The SMILES string of the molecule is O=C(N[C@@H](Cc1cccc(C(=O)O)c1O)B(O)O)c1ccc(Cl)nc1. The van der Waals surface area contributed by atoms with E-state index in [9.17, 15) is 24.7 Å². The smallest absolute Gasteiger partial charge is 0.475 e. The summed E-state index contributed by atoms with van der Waals surface area (Å²) >= 11 is 5.64. The second kappa shape index (κ2) is 7.97. The number of carbonyl (C=O) groups excluding carboxylic acids is 1. The number of hydrogen-bond acceptors (Lipinski definition) is 6. The van der Waals surface area contributed by atoms with E-state index in [4.69, 9.17) is 16.7 Å². The van der Waals surface area contributed by atoms with Crippen LogP contribution < -0.4 is 5.32 Å². The number of nitrogens with zero attached hydrogens (tertiary/aromatic N) is 1. The van der Waals surface area contributed by atoms with Crippen LogP contribution in [0.4, 0.5) is 0 Å². The summed E-state index contributed by atoms with van der Waals surface area (Å²) in [5, 5.41) is 40.6. The van der Waals surface area contributed by atoms with Crippen LogP contribution in [0, 0.1) is 0 Å². The summed E-state index contributed by atoms with van der Waals surface area (Å²) < 4.78 is 0. The van der Waals surface area contributed by atoms with E-state index >= 15 is 0 Å². The molecule has 1 heterocycles. The topological polar surface area (TPSA) is 140 Å². The zero-order valence-electron chi connectivity index (χ0n) is 12.8. The molecule has 0 bridgehead atoms. The number of benzene rings is 1. The first-order valence-corrected chi connectivity index (χ1v) is 7.50. The van der Waals surface area contributed by atoms with Gasteiger partial charge >= 0.3 is 13.1 Å². The molecule has 1 amide bonds. The van der Waals surface area contributed by atoms with Crippen LogP contribution in [0.25, 0.3) is 0 Å². The third-order valence-electron chi connectivity index (χ3n) is 3.46. The minimum absolute atomic E-state index is 0.146. The first kappa shape index (κ1) is 18.7. The number of amides is 1. The van der Waals surface area contributed by atoms with Gasteiger partial charge in [0.1, 0.15) is 16.5 Å². The molecule has 0 saturated heterocycles. The number of phenols is 1. The summed E-state index contributed by atoms with van der Waals surface area (Å²) in [5.74, 6) is -3.63. The molecular weight excluding hydrogens is 350 g/mol. The van der Waals surface area contributed by atoms with Crippen LogP contribution >= 0.6 is 11.6 Å². The molecule has 8 nitrogen and oxygen atoms in total. The van der Waals surface area contributed by atoms with Crippen molar-refractivity contribution in [1.82, 2.24) is 10.3 Å². The lowest BCUT2D eigenvalue weighted by atomic mass is 9.75. The molecule has 10 heteroatoms. The van der Waals surface area contributed by atoms with Crippen molar-refractivity contribution >= 4 is 30.6 Å². The summed E-state index contributed by atoms with van der Waals surface area (Å²) in [6.07, 6.45) is 1.03. The molecule has 0 fully saturated rings. The van der Waals surface area contributed by atoms with Crippen molar-refractivity contribution in [3.63, 3.8) is 0 Å². The van der Waals surface area contributed by atoms with Crippen molar-refractivity contribution in [3.05, 3.63) is 58.4 Å². The van der Waals surface area contributed by atoms with Crippen LogP contribution in [0.3, 0.4) is 0 Å². The molecule has 0 aliphatic heterocycles. The van der Waals surface area contributed by atoms with Gasteiger partial charge in [0.25, 0.3) is 5.91 Å². The highest BCUT2D eigenvalue weighted by atomic mass is 35.5. The quantitative estimate of drug-likeness (QED) is 0.371. The average molecular weight is 365 g/mol. The number of carboxylic acids is 1. The Labute approximate surface area is 147 Å². The fourth-order valence-corrected chi connectivity index (χ4v) is 2.27. The Morgan fingerprint density at radius 2 is 1.96 bits per heavy atom. The molecule has 2 rings (SSSR count). The summed E-state index contributed by atoms with van der Waals surface area (Å²) in [7, 11) is -1.93. The molecule has 1 atom stereocenters. The standard InChI is InChI=1S/C15H14BClN2O6/c17-12-5-4-9(7-18-12)14(21)19-11(16(24)25)6-8-2-1-3-10(13(8)20)15(22)23/h1-5,7,11,20,24-25H,6H2,(H,19,21)(H,22,23)/t11-/m0/s1. The number of carboxylic acid groups (broad SMARTS) is 1. The number of aromatic carboxylic acids is 1. The zero-order chi connectivity index (χ0) is 18.6. The zero-order valence-corrected chi connectivity index (χ0v) is 13.5. The number of para-hydroxylation sites is 1. The summed E-state index contributed by atoms with van der Waals surface area (Å²) in [5.41, 5.74) is -0.0250. The molecule has 0 saturated carbocycles. The average Bonchev–Trinajstić information content (AvgIpc) is 2.56. The summed E-state index contributed by atoms with van der Waals surface area (Å²) in [4.78, 5) is 26.9. The number of carbonyl (C=O) groups is 2. The van der Waals surface area contributed by atoms with Gasteiger partial charge in [0.2, 0.25) is 0 Å². The molecule has 130 valence electrons. The maximum absolute atomic E-state index is 12.1. The van der Waals surface area contributed by atoms with E-state index < -0.39 is 30.7 Å². The van der Waals surface area contributed by atoms with Crippen molar-refractivity contribution < 1.29 is 29.9 Å². The molecule has 2 aromatic rings. The highest BCUT2D eigenvalue weighted by Crippen LogP contribution is 2.24. The predicted molar refractivity (Wildman–Crippen MR) is 89.5 cm³/mol. The largest absolute Gasteiger partial charge is 0.507 e. The van der Waals surface area contributed by atoms with Gasteiger partial charge in [-0.3, -0.25) is 4.79 Å². The number of nitrogens with one attached hydrogen (secondary N) is 1. The molecule has 0 spiro atoms. The van der Waals surface area contributed by atoms with Gasteiger partial charge < -0.3 is 25.6 Å². The number of aromatic nitrogens is 1. The minimum atomic E-state index is -1.93. The van der Waals surface area contributed by atoms with Crippen molar-refractivity contribution in [3.8, 4) is 5.75 Å². The number of rotatable bonds is 6. The maximum Gasteiger partial charge on any atom is 0.475 e. The molecule has 0 radical (unpaired) electrons. The van der Waals surface area contributed by atoms with E-state index in [0.29, 0.717) is 0 Å². The Morgan fingerprint density at radius 3 is 2.52 bits per heavy atom. The van der Waals surface area contributed by atoms with E-state index in [2.05, 4.69) is 10.3 Å². The van der Waals surface area contributed by atoms with E-state index in [-0.39, 0.29) is 28.3 Å². The molecular formula is C15H14BClN2O6. The fraction of sp³-hybridized carbons (Fsp3) is 0.133. The van der Waals surface area contributed by atoms with Gasteiger partial charge in [-0.25, -0.2) is 9.78 Å². The van der Waals surface area contributed by atoms with Gasteiger partial charge in [-0.15, -0.1) is 0 Å². The Bertz CT molecular complexity index is 784. The third-order valence-corrected chi connectivity index (χ3v) is 3.68. The van der Waals surface area contributed by atoms with Gasteiger partial charge in [-0.05, 0) is 30.2 Å². The van der Waals surface area contributed by atoms with Crippen LogP contribution in [0.15, 0.2) is 36.5 Å². The second-order valence-corrected chi connectivity index (χ2v) is 5.57. The number of hydrogen-bond donors (Lipinski definition) is 5. The molecule has 1 aromatic carbocycles. The predicted octanol–water partition coefficient (Wildman–Crippen LogP) is 0.492. The van der Waals surface area contributed by atoms with Crippen LogP contribution in [0.5, 0.6) is 5.75 Å². The van der Waals surface area contributed by atoms with Crippen LogP contribution in [-0.2, 0) is 6.42 Å². The Kier molecular flexibility index (Phi) is 5.97. The van der Waals surface area contributed by atoms with Gasteiger partial charge in [0, 0.05) is 6.20 Å². The van der Waals surface area contributed by atoms with Gasteiger partial charge in [-0.1, -0.05) is 23.7 Å². The van der Waals surface area contributed by atoms with E-state index in [1.807, 2.05) is 0 Å². The van der Waals surface area contributed by atoms with Crippen molar-refractivity contribution in [1.29, 1.82) is 0 Å². The monoisotopic (exact) mass is 364 g/mol. The van der Waals surface area contributed by atoms with E-state index in [1.54, 1.807) is 0 Å². The molecule has 5 N–H and O–H groups in total. The summed E-state index contributed by atoms with van der Waals surface area (Å²) in [6, 6.07) is 6.86. The second-order valence-electron chi connectivity index (χ2n) is 5.19. The van der Waals surface area contributed by atoms with Crippen molar-refractivity contribution in [2.24, 2.45) is 0 Å². The van der Waals surface area contributed by atoms with Crippen LogP contribution in [0.1, 0.15) is 26.3 Å². The van der Waals surface area contributed by atoms with Gasteiger partial charge in [0.05, 0.1) is 11.5 Å². The van der Waals surface area contributed by atoms with Crippen molar-refractivity contribution in [2.75, 3.05) is 0 Å². The van der Waals surface area contributed by atoms with Crippen LogP contribution in [0.2, 0.25) is 5.15 Å². The molecule has 1 aromatic heterocycles. The first-order chi connectivity index (χ1) is 11.8. The molecule has 0 unspecified atom stereocenters. The van der Waals surface area contributed by atoms with E-state index in [0.717, 1.165) is 0 Å². The normalized spacial score (nSPS) is 11.6. The lowest BCUT2D eigenvalue weighted by Gasteiger charge is -2.19. The lowest BCUT2D eigenvalue weighted by molar-refractivity contribution is 0.0693. The van der Waals surface area contributed by atoms with E-state index in [1.165, 1.54) is 36.5 Å². The summed E-state index contributed by atoms with van der Waals surface area (Å²) in [6.45, 7) is 0. The van der Waals surface area contributed by atoms with Crippen molar-refractivity contribution in [2.45, 2.75) is 12.4 Å². The Morgan fingerprint density at radius 1 is 1.24 bits per heavy atom.